The Bertz CT molecular complexity index is 541. The molecule has 8 heteroatoms. The summed E-state index contributed by atoms with van der Waals surface area (Å²) in [6, 6.07) is 4.27. The van der Waals surface area contributed by atoms with Crippen molar-refractivity contribution in [3.63, 3.8) is 0 Å². The lowest BCUT2D eigenvalue weighted by Gasteiger charge is -2.21. The molecule has 0 saturated carbocycles. The summed E-state index contributed by atoms with van der Waals surface area (Å²) in [5.74, 6) is 0. The number of hydrogen-bond donors (Lipinski definition) is 1. The fourth-order valence-corrected chi connectivity index (χ4v) is 3.44. The van der Waals surface area contributed by atoms with Gasteiger partial charge in [0.15, 0.2) is 0 Å². The topological polar surface area (TPSA) is 76.1 Å². The number of halogens is 1. The Labute approximate surface area is 130 Å². The van der Waals surface area contributed by atoms with Crippen LogP contribution in [0.3, 0.4) is 0 Å². The summed E-state index contributed by atoms with van der Waals surface area (Å²) in [5.41, 5.74) is 0.482. The summed E-state index contributed by atoms with van der Waals surface area (Å²) in [6.45, 7) is 0.774. The number of ether oxygens (including phenoxy) is 2. The molecular formula is C13H20ClNO5S. The molecule has 21 heavy (non-hydrogen) atoms. The van der Waals surface area contributed by atoms with Crippen molar-refractivity contribution in [3.05, 3.63) is 28.8 Å². The van der Waals surface area contributed by atoms with E-state index in [1.807, 2.05) is 0 Å². The lowest BCUT2D eigenvalue weighted by Crippen LogP contribution is -2.36. The van der Waals surface area contributed by atoms with Crippen molar-refractivity contribution < 1.29 is 23.0 Å². The van der Waals surface area contributed by atoms with Gasteiger partial charge in [0.25, 0.3) is 0 Å². The SMILES string of the molecule is COCCN(CCOC)S(=O)(=O)c1ccc(CO)c(Cl)c1. The van der Waals surface area contributed by atoms with Crippen LogP contribution >= 0.6 is 11.6 Å². The van der Waals surface area contributed by atoms with Crippen LogP contribution in [0.4, 0.5) is 0 Å². The second-order valence-corrected chi connectivity index (χ2v) is 6.65. The van der Waals surface area contributed by atoms with E-state index in [4.69, 9.17) is 26.2 Å². The van der Waals surface area contributed by atoms with Gasteiger partial charge in [0.05, 0.1) is 24.7 Å². The molecule has 0 fully saturated rings. The summed E-state index contributed by atoms with van der Waals surface area (Å²) >= 11 is 5.96. The largest absolute Gasteiger partial charge is 0.392 e. The number of benzene rings is 1. The van der Waals surface area contributed by atoms with Crippen molar-refractivity contribution in [2.75, 3.05) is 40.5 Å². The summed E-state index contributed by atoms with van der Waals surface area (Å²) < 4.78 is 36.3. The third-order valence-electron chi connectivity index (χ3n) is 2.92. The maximum atomic E-state index is 12.6. The molecule has 0 aliphatic rings. The normalized spacial score (nSPS) is 12.0. The lowest BCUT2D eigenvalue weighted by molar-refractivity contribution is 0.150. The van der Waals surface area contributed by atoms with Gasteiger partial charge in [-0.2, -0.15) is 4.31 Å². The molecule has 1 aromatic rings. The Morgan fingerprint density at radius 3 is 2.19 bits per heavy atom. The van der Waals surface area contributed by atoms with Gasteiger partial charge in [0, 0.05) is 32.3 Å². The first kappa shape index (κ1) is 18.3. The number of hydrogen-bond acceptors (Lipinski definition) is 5. The molecule has 0 spiro atoms. The van der Waals surface area contributed by atoms with Gasteiger partial charge in [-0.25, -0.2) is 8.42 Å². The van der Waals surface area contributed by atoms with Gasteiger partial charge in [-0.1, -0.05) is 17.7 Å². The lowest BCUT2D eigenvalue weighted by atomic mass is 10.2. The van der Waals surface area contributed by atoms with Crippen LogP contribution in [0.5, 0.6) is 0 Å². The van der Waals surface area contributed by atoms with Crippen LogP contribution in [0.15, 0.2) is 23.1 Å². The Balaban J connectivity index is 3.06. The molecule has 0 radical (unpaired) electrons. The van der Waals surface area contributed by atoms with E-state index in [0.717, 1.165) is 0 Å². The molecule has 1 aromatic carbocycles. The number of sulfonamides is 1. The Morgan fingerprint density at radius 1 is 1.19 bits per heavy atom. The minimum atomic E-state index is -3.69. The van der Waals surface area contributed by atoms with Crippen LogP contribution < -0.4 is 0 Å². The number of nitrogens with zero attached hydrogens (tertiary/aromatic N) is 1. The highest BCUT2D eigenvalue weighted by atomic mass is 35.5. The maximum absolute atomic E-state index is 12.6. The van der Waals surface area contributed by atoms with Gasteiger partial charge in [-0.05, 0) is 17.7 Å². The average Bonchev–Trinajstić information content (AvgIpc) is 2.47. The van der Waals surface area contributed by atoms with Crippen LogP contribution in [0, 0.1) is 0 Å². The predicted molar refractivity (Wildman–Crippen MR) is 79.9 cm³/mol. The van der Waals surface area contributed by atoms with Crippen LogP contribution in [0.25, 0.3) is 0 Å². The highest BCUT2D eigenvalue weighted by Gasteiger charge is 2.24. The van der Waals surface area contributed by atoms with Crippen LogP contribution in [-0.4, -0.2) is 58.4 Å². The number of aliphatic hydroxyl groups is 1. The fourth-order valence-electron chi connectivity index (χ4n) is 1.70. The van der Waals surface area contributed by atoms with Crippen molar-refractivity contribution in [2.45, 2.75) is 11.5 Å². The van der Waals surface area contributed by atoms with Crippen LogP contribution in [0.1, 0.15) is 5.56 Å². The molecule has 0 bridgehead atoms. The smallest absolute Gasteiger partial charge is 0.243 e. The first-order valence-corrected chi connectivity index (χ1v) is 8.16. The first-order chi connectivity index (χ1) is 9.97. The standard InChI is InChI=1S/C13H20ClNO5S/c1-19-7-5-15(6-8-20-2)21(17,18)12-4-3-11(10-16)13(14)9-12/h3-4,9,16H,5-8,10H2,1-2H3. The summed E-state index contributed by atoms with van der Waals surface area (Å²) in [7, 11) is -0.670. The molecule has 1 rings (SSSR count). The van der Waals surface area contributed by atoms with Crippen molar-refractivity contribution in [1.29, 1.82) is 0 Å². The van der Waals surface area contributed by atoms with E-state index in [-0.39, 0.29) is 42.8 Å². The summed E-state index contributed by atoms with van der Waals surface area (Å²) in [4.78, 5) is 0.0805. The molecule has 6 nitrogen and oxygen atoms in total. The second kappa shape index (κ2) is 8.67. The Kier molecular flexibility index (Phi) is 7.58. The van der Waals surface area contributed by atoms with E-state index < -0.39 is 10.0 Å². The van der Waals surface area contributed by atoms with Crippen molar-refractivity contribution >= 4 is 21.6 Å². The third-order valence-corrected chi connectivity index (χ3v) is 5.17. The van der Waals surface area contributed by atoms with Crippen molar-refractivity contribution in [3.8, 4) is 0 Å². The fraction of sp³-hybridized carbons (Fsp3) is 0.538. The minimum absolute atomic E-state index is 0.0805. The molecule has 120 valence electrons. The van der Waals surface area contributed by atoms with Crippen molar-refractivity contribution in [2.24, 2.45) is 0 Å². The van der Waals surface area contributed by atoms with Gasteiger partial charge in [-0.3, -0.25) is 0 Å². The van der Waals surface area contributed by atoms with Crippen LogP contribution in [0.2, 0.25) is 5.02 Å². The number of rotatable bonds is 9. The average molecular weight is 338 g/mol. The van der Waals surface area contributed by atoms with E-state index in [9.17, 15) is 8.42 Å². The Morgan fingerprint density at radius 2 is 1.76 bits per heavy atom. The molecule has 0 aliphatic heterocycles. The predicted octanol–water partition coefficient (Wildman–Crippen LogP) is 1.12. The van der Waals surface area contributed by atoms with Gasteiger partial charge < -0.3 is 14.6 Å². The van der Waals surface area contributed by atoms with E-state index in [2.05, 4.69) is 0 Å². The van der Waals surface area contributed by atoms with E-state index in [1.165, 1.54) is 36.7 Å². The van der Waals surface area contributed by atoms with Gasteiger partial charge >= 0.3 is 0 Å². The molecule has 0 amide bonds. The number of methoxy groups -OCH3 is 2. The second-order valence-electron chi connectivity index (χ2n) is 4.30. The highest BCUT2D eigenvalue weighted by Crippen LogP contribution is 2.23. The summed E-state index contributed by atoms with van der Waals surface area (Å²) in [6.07, 6.45) is 0. The third kappa shape index (κ3) is 4.91. The zero-order chi connectivity index (χ0) is 15.9. The molecular weight excluding hydrogens is 318 g/mol. The van der Waals surface area contributed by atoms with E-state index in [0.29, 0.717) is 5.56 Å². The first-order valence-electron chi connectivity index (χ1n) is 6.34. The zero-order valence-corrected chi connectivity index (χ0v) is 13.7. The molecule has 0 aliphatic carbocycles. The molecule has 0 unspecified atom stereocenters. The number of aliphatic hydroxyl groups excluding tert-OH is 1. The minimum Gasteiger partial charge on any atom is -0.392 e. The maximum Gasteiger partial charge on any atom is 0.243 e. The Hall–Kier alpha value is -0.700. The van der Waals surface area contributed by atoms with Gasteiger partial charge in [0.1, 0.15) is 0 Å². The monoisotopic (exact) mass is 337 g/mol. The van der Waals surface area contributed by atoms with Gasteiger partial charge in [0.2, 0.25) is 10.0 Å². The quantitative estimate of drug-likeness (QED) is 0.730. The summed E-state index contributed by atoms with van der Waals surface area (Å²) in [5, 5.41) is 9.30. The molecule has 0 atom stereocenters. The molecule has 0 saturated heterocycles. The zero-order valence-electron chi connectivity index (χ0n) is 12.1. The van der Waals surface area contributed by atoms with E-state index >= 15 is 0 Å². The molecule has 0 heterocycles. The van der Waals surface area contributed by atoms with E-state index in [1.54, 1.807) is 0 Å². The van der Waals surface area contributed by atoms with Crippen molar-refractivity contribution in [1.82, 2.24) is 4.31 Å². The molecule has 1 N–H and O–H groups in total. The van der Waals surface area contributed by atoms with Gasteiger partial charge in [-0.15, -0.1) is 0 Å². The highest BCUT2D eigenvalue weighted by molar-refractivity contribution is 7.89. The molecule has 0 aromatic heterocycles. The van der Waals surface area contributed by atoms with Crippen LogP contribution in [-0.2, 0) is 26.1 Å².